The van der Waals surface area contributed by atoms with Crippen LogP contribution >= 0.6 is 0 Å². The topological polar surface area (TPSA) is 47.6 Å². The molecule has 0 amide bonds. The van der Waals surface area contributed by atoms with Gasteiger partial charge in [0.1, 0.15) is 12.1 Å². The van der Waals surface area contributed by atoms with Crippen LogP contribution in [-0.4, -0.2) is 0 Å². The standard InChI is InChI=1S/C29H42N2/c1-3-5-6-7-9-12-23-13-16-25(17-14-23)29(19-10-8-11-20-29)28-18-15-24(4-2)26(21-30)27(28)22-31/h15,18,23,25H,3-14,16-17,19-20H2,1-2H3. The number of nitrogens with zero attached hydrogens (tertiary/aromatic N) is 2. The number of benzene rings is 1. The monoisotopic (exact) mass is 418 g/mol. The van der Waals surface area contributed by atoms with Gasteiger partial charge in [0, 0.05) is 0 Å². The summed E-state index contributed by atoms with van der Waals surface area (Å²) >= 11 is 0. The average molecular weight is 419 g/mol. The number of rotatable bonds is 9. The molecule has 0 atom stereocenters. The predicted molar refractivity (Wildman–Crippen MR) is 129 cm³/mol. The van der Waals surface area contributed by atoms with Gasteiger partial charge < -0.3 is 0 Å². The van der Waals surface area contributed by atoms with Crippen molar-refractivity contribution in [2.75, 3.05) is 0 Å². The maximum absolute atomic E-state index is 10.1. The molecule has 3 rings (SSSR count). The van der Waals surface area contributed by atoms with Gasteiger partial charge in [-0.1, -0.05) is 96.6 Å². The SMILES string of the molecule is CCCCCCCC1CCC(C2(c3ccc(CC)c(C#N)c3C#N)CCCCC2)CC1. The minimum absolute atomic E-state index is 0.118. The summed E-state index contributed by atoms with van der Waals surface area (Å²) in [6, 6.07) is 9.26. The van der Waals surface area contributed by atoms with Gasteiger partial charge in [0.25, 0.3) is 0 Å². The van der Waals surface area contributed by atoms with E-state index in [4.69, 9.17) is 0 Å². The summed E-state index contributed by atoms with van der Waals surface area (Å²) in [7, 11) is 0. The molecule has 0 bridgehead atoms. The lowest BCUT2D eigenvalue weighted by Gasteiger charge is -2.47. The van der Waals surface area contributed by atoms with E-state index in [9.17, 15) is 10.5 Å². The van der Waals surface area contributed by atoms with Crippen LogP contribution in [0.1, 0.15) is 132 Å². The Labute approximate surface area is 191 Å². The normalized spacial score (nSPS) is 23.1. The lowest BCUT2D eigenvalue weighted by atomic mass is 9.56. The second kappa shape index (κ2) is 11.7. The molecule has 0 radical (unpaired) electrons. The van der Waals surface area contributed by atoms with Crippen molar-refractivity contribution in [3.63, 3.8) is 0 Å². The Bertz CT molecular complexity index is 780. The highest BCUT2D eigenvalue weighted by molar-refractivity contribution is 5.57. The Morgan fingerprint density at radius 2 is 1.52 bits per heavy atom. The molecule has 0 aromatic heterocycles. The molecule has 2 aliphatic rings. The van der Waals surface area contributed by atoms with Crippen molar-refractivity contribution < 1.29 is 0 Å². The van der Waals surface area contributed by atoms with Gasteiger partial charge in [-0.15, -0.1) is 0 Å². The van der Waals surface area contributed by atoms with Gasteiger partial charge in [0.2, 0.25) is 0 Å². The molecule has 31 heavy (non-hydrogen) atoms. The molecule has 0 spiro atoms. The Kier molecular flexibility index (Phi) is 9.02. The first-order valence-corrected chi connectivity index (χ1v) is 13.2. The summed E-state index contributed by atoms with van der Waals surface area (Å²) in [5.74, 6) is 1.58. The van der Waals surface area contributed by atoms with Crippen LogP contribution in [0.25, 0.3) is 0 Å². The van der Waals surface area contributed by atoms with Crippen molar-refractivity contribution in [1.82, 2.24) is 0 Å². The number of nitriles is 2. The quantitative estimate of drug-likeness (QED) is 0.378. The maximum Gasteiger partial charge on any atom is 0.101 e. The number of unbranched alkanes of at least 4 members (excludes halogenated alkanes) is 4. The summed E-state index contributed by atoms with van der Waals surface area (Å²) in [4.78, 5) is 0. The van der Waals surface area contributed by atoms with Crippen LogP contribution in [-0.2, 0) is 11.8 Å². The van der Waals surface area contributed by atoms with Crippen LogP contribution in [0.2, 0.25) is 0 Å². The summed E-state index contributed by atoms with van der Waals surface area (Å²) < 4.78 is 0. The van der Waals surface area contributed by atoms with Crippen LogP contribution in [0, 0.1) is 34.5 Å². The predicted octanol–water partition coefficient (Wildman–Crippen LogP) is 8.36. The van der Waals surface area contributed by atoms with E-state index in [1.54, 1.807) is 0 Å². The van der Waals surface area contributed by atoms with Crippen molar-refractivity contribution in [1.29, 1.82) is 10.5 Å². The highest BCUT2D eigenvalue weighted by atomic mass is 14.5. The smallest absolute Gasteiger partial charge is 0.101 e. The van der Waals surface area contributed by atoms with E-state index in [0.717, 1.165) is 17.9 Å². The van der Waals surface area contributed by atoms with E-state index in [2.05, 4.69) is 38.1 Å². The number of aryl methyl sites for hydroxylation is 1. The van der Waals surface area contributed by atoms with Gasteiger partial charge in [-0.2, -0.15) is 10.5 Å². The van der Waals surface area contributed by atoms with E-state index in [-0.39, 0.29) is 5.41 Å². The fourth-order valence-electron chi connectivity index (χ4n) is 6.72. The summed E-state index contributed by atoms with van der Waals surface area (Å²) in [5, 5.41) is 19.9. The van der Waals surface area contributed by atoms with Gasteiger partial charge in [-0.3, -0.25) is 0 Å². The molecular weight excluding hydrogens is 376 g/mol. The van der Waals surface area contributed by atoms with Crippen LogP contribution < -0.4 is 0 Å². The van der Waals surface area contributed by atoms with Crippen LogP contribution in [0.4, 0.5) is 0 Å². The number of hydrogen-bond donors (Lipinski definition) is 0. The second-order valence-electron chi connectivity index (χ2n) is 10.2. The fraction of sp³-hybridized carbons (Fsp3) is 0.724. The van der Waals surface area contributed by atoms with Crippen molar-refractivity contribution >= 4 is 0 Å². The highest BCUT2D eigenvalue weighted by Crippen LogP contribution is 2.52. The molecule has 2 saturated carbocycles. The first-order valence-electron chi connectivity index (χ1n) is 13.2. The molecule has 0 heterocycles. The first kappa shape index (κ1) is 23.9. The molecule has 1 aromatic carbocycles. The molecule has 2 nitrogen and oxygen atoms in total. The summed E-state index contributed by atoms with van der Waals surface area (Å²) in [5.41, 5.74) is 3.70. The Morgan fingerprint density at radius 1 is 0.839 bits per heavy atom. The molecule has 0 N–H and O–H groups in total. The van der Waals surface area contributed by atoms with Gasteiger partial charge in [-0.05, 0) is 60.5 Å². The van der Waals surface area contributed by atoms with E-state index in [1.165, 1.54) is 102 Å². The van der Waals surface area contributed by atoms with Crippen molar-refractivity contribution in [2.45, 2.75) is 122 Å². The van der Waals surface area contributed by atoms with Crippen LogP contribution in [0.15, 0.2) is 12.1 Å². The van der Waals surface area contributed by atoms with Crippen molar-refractivity contribution in [2.24, 2.45) is 11.8 Å². The molecule has 0 aliphatic heterocycles. The zero-order valence-corrected chi connectivity index (χ0v) is 20.0. The third kappa shape index (κ3) is 5.34. The van der Waals surface area contributed by atoms with Crippen LogP contribution in [0.3, 0.4) is 0 Å². The largest absolute Gasteiger partial charge is 0.192 e. The summed E-state index contributed by atoms with van der Waals surface area (Å²) in [6.07, 6.45) is 20.7. The third-order valence-electron chi connectivity index (χ3n) is 8.52. The summed E-state index contributed by atoms with van der Waals surface area (Å²) in [6.45, 7) is 4.37. The van der Waals surface area contributed by atoms with E-state index in [1.807, 2.05) is 0 Å². The maximum atomic E-state index is 10.1. The van der Waals surface area contributed by atoms with E-state index < -0.39 is 0 Å². The molecular formula is C29H42N2. The fourth-order valence-corrected chi connectivity index (χ4v) is 6.72. The molecule has 0 saturated heterocycles. The lowest BCUT2D eigenvalue weighted by molar-refractivity contribution is 0.124. The molecule has 168 valence electrons. The molecule has 0 unspecified atom stereocenters. The van der Waals surface area contributed by atoms with E-state index >= 15 is 0 Å². The van der Waals surface area contributed by atoms with Crippen molar-refractivity contribution in [3.8, 4) is 12.1 Å². The van der Waals surface area contributed by atoms with Crippen LogP contribution in [0.5, 0.6) is 0 Å². The highest BCUT2D eigenvalue weighted by Gasteiger charge is 2.44. The Hall–Kier alpha value is -1.80. The lowest BCUT2D eigenvalue weighted by Crippen LogP contribution is -2.40. The Morgan fingerprint density at radius 3 is 2.13 bits per heavy atom. The number of hydrogen-bond acceptors (Lipinski definition) is 2. The first-order chi connectivity index (χ1) is 15.2. The second-order valence-corrected chi connectivity index (χ2v) is 10.2. The van der Waals surface area contributed by atoms with Gasteiger partial charge in [0.05, 0.1) is 11.1 Å². The minimum atomic E-state index is 0.118. The molecule has 1 aromatic rings. The third-order valence-corrected chi connectivity index (χ3v) is 8.52. The molecule has 2 heteroatoms. The zero-order chi connectivity index (χ0) is 22.1. The molecule has 2 aliphatic carbocycles. The average Bonchev–Trinajstić information content (AvgIpc) is 2.83. The van der Waals surface area contributed by atoms with E-state index in [0.29, 0.717) is 17.0 Å². The zero-order valence-electron chi connectivity index (χ0n) is 20.0. The van der Waals surface area contributed by atoms with Gasteiger partial charge in [0.15, 0.2) is 0 Å². The van der Waals surface area contributed by atoms with Gasteiger partial charge >= 0.3 is 0 Å². The van der Waals surface area contributed by atoms with Gasteiger partial charge in [-0.25, -0.2) is 0 Å². The Balaban J connectivity index is 1.78. The molecule has 2 fully saturated rings. The minimum Gasteiger partial charge on any atom is -0.192 e. The van der Waals surface area contributed by atoms with Crippen molar-refractivity contribution in [3.05, 3.63) is 34.4 Å².